The van der Waals surface area contributed by atoms with Crippen molar-refractivity contribution in [3.8, 4) is 0 Å². The Kier molecular flexibility index (Phi) is 7.40. The number of carbonyl (C=O) groups excluding carboxylic acids is 2. The molecule has 0 N–H and O–H groups in total. The molecule has 0 saturated carbocycles. The first-order valence-electron chi connectivity index (χ1n) is 5.89. The van der Waals surface area contributed by atoms with E-state index in [1.165, 1.54) is 0 Å². The average Bonchev–Trinajstić information content (AvgIpc) is 2.40. The molecule has 19 heavy (non-hydrogen) atoms. The lowest BCUT2D eigenvalue weighted by Gasteiger charge is -2.19. The van der Waals surface area contributed by atoms with Gasteiger partial charge in [-0.2, -0.15) is 0 Å². The summed E-state index contributed by atoms with van der Waals surface area (Å²) >= 11 is 0. The second-order valence-corrected chi connectivity index (χ2v) is 4.01. The molecular weight excluding hydrogens is 254 g/mol. The molecule has 0 amide bonds. The number of rotatable bonds is 8. The number of carbonyl (C=O) groups is 2. The molecule has 2 atom stereocenters. The van der Waals surface area contributed by atoms with Gasteiger partial charge in [0.2, 0.25) is 6.04 Å². The summed E-state index contributed by atoms with van der Waals surface area (Å²) in [6.07, 6.45) is 1.47. The van der Waals surface area contributed by atoms with Gasteiger partial charge in [-0.15, -0.1) is 0 Å². The fraction of sp³-hybridized carbons (Fsp3) is 0.667. The normalized spacial score (nSPS) is 13.2. The van der Waals surface area contributed by atoms with Gasteiger partial charge in [0.05, 0.1) is 19.8 Å². The van der Waals surface area contributed by atoms with Crippen LogP contribution in [-0.4, -0.2) is 37.1 Å². The predicted octanol–water partition coefficient (Wildman–Crippen LogP) is 1.34. The van der Waals surface area contributed by atoms with Gasteiger partial charge in [0.25, 0.3) is 0 Å². The van der Waals surface area contributed by atoms with Crippen molar-refractivity contribution < 1.29 is 24.0 Å². The van der Waals surface area contributed by atoms with Crippen LogP contribution >= 0.6 is 0 Å². The molecule has 0 aromatic rings. The van der Waals surface area contributed by atoms with Crippen molar-refractivity contribution in [1.29, 1.82) is 0 Å². The Bertz CT molecular complexity index is 365. The number of hydrogen-bond donors (Lipinski definition) is 0. The highest BCUT2D eigenvalue weighted by atomic mass is 16.6. The third-order valence-electron chi connectivity index (χ3n) is 2.79. The molecular formula is C12H19NO6. The number of methoxy groups -OCH3 is 2. The second-order valence-electron chi connectivity index (χ2n) is 4.01. The molecule has 0 heterocycles. The molecule has 108 valence electrons. The van der Waals surface area contributed by atoms with E-state index in [-0.39, 0.29) is 12.0 Å². The topological polar surface area (TPSA) is 95.7 Å². The first-order chi connectivity index (χ1) is 8.90. The molecule has 0 aliphatic rings. The number of nitro groups is 1. The zero-order chi connectivity index (χ0) is 15.0. The maximum atomic E-state index is 11.7. The smallest absolute Gasteiger partial charge is 0.334 e. The van der Waals surface area contributed by atoms with Crippen molar-refractivity contribution in [2.45, 2.75) is 32.2 Å². The van der Waals surface area contributed by atoms with Gasteiger partial charge in [-0.3, -0.25) is 14.9 Å². The maximum Gasteiger partial charge on any atom is 0.334 e. The maximum absolute atomic E-state index is 11.7. The Morgan fingerprint density at radius 1 is 1.32 bits per heavy atom. The standard InChI is InChI=1S/C12H19NO6/c1-5-6-7-9(13(16)17)10(12(15)19-4)8(2)11(14)18-3/h9-10H,2,5-7H2,1,3-4H3. The van der Waals surface area contributed by atoms with Crippen LogP contribution in [0.3, 0.4) is 0 Å². The Balaban J connectivity index is 5.29. The highest BCUT2D eigenvalue weighted by Crippen LogP contribution is 2.23. The molecule has 0 bridgehead atoms. The fourth-order valence-corrected chi connectivity index (χ4v) is 1.72. The van der Waals surface area contributed by atoms with E-state index in [0.717, 1.165) is 20.6 Å². The van der Waals surface area contributed by atoms with Gasteiger partial charge in [-0.05, 0) is 6.42 Å². The van der Waals surface area contributed by atoms with E-state index in [1.807, 2.05) is 6.92 Å². The van der Waals surface area contributed by atoms with Crippen LogP contribution in [0.1, 0.15) is 26.2 Å². The Hall–Kier alpha value is -1.92. The van der Waals surface area contributed by atoms with Crippen molar-refractivity contribution in [3.63, 3.8) is 0 Å². The molecule has 0 aliphatic heterocycles. The van der Waals surface area contributed by atoms with Crippen LogP contribution in [0, 0.1) is 16.0 Å². The lowest BCUT2D eigenvalue weighted by atomic mass is 9.89. The summed E-state index contributed by atoms with van der Waals surface area (Å²) in [5.41, 5.74) is -0.257. The minimum Gasteiger partial charge on any atom is -0.468 e. The van der Waals surface area contributed by atoms with E-state index in [2.05, 4.69) is 16.1 Å². The van der Waals surface area contributed by atoms with Crippen molar-refractivity contribution in [1.82, 2.24) is 0 Å². The largest absolute Gasteiger partial charge is 0.468 e. The Morgan fingerprint density at radius 2 is 1.89 bits per heavy atom. The number of unbranched alkanes of at least 4 members (excludes halogenated alkanes) is 1. The van der Waals surface area contributed by atoms with Crippen LogP contribution in [0.15, 0.2) is 12.2 Å². The van der Waals surface area contributed by atoms with Gasteiger partial charge in [-0.25, -0.2) is 4.79 Å². The monoisotopic (exact) mass is 273 g/mol. The van der Waals surface area contributed by atoms with Gasteiger partial charge in [0, 0.05) is 11.3 Å². The summed E-state index contributed by atoms with van der Waals surface area (Å²) in [6, 6.07) is -1.24. The molecule has 7 heteroatoms. The van der Waals surface area contributed by atoms with E-state index >= 15 is 0 Å². The van der Waals surface area contributed by atoms with Gasteiger partial charge < -0.3 is 9.47 Å². The van der Waals surface area contributed by atoms with E-state index in [0.29, 0.717) is 6.42 Å². The van der Waals surface area contributed by atoms with Crippen molar-refractivity contribution in [3.05, 3.63) is 22.3 Å². The SMILES string of the molecule is C=C(C(=O)OC)C(C(=O)OC)C(CCCC)[N+](=O)[O-]. The second kappa shape index (κ2) is 8.23. The molecule has 0 aromatic heterocycles. The minimum absolute atomic E-state index is 0.166. The number of hydrogen-bond acceptors (Lipinski definition) is 6. The molecule has 0 fully saturated rings. The van der Waals surface area contributed by atoms with E-state index in [1.54, 1.807) is 0 Å². The van der Waals surface area contributed by atoms with E-state index < -0.39 is 28.8 Å². The number of ether oxygens (including phenoxy) is 2. The lowest BCUT2D eigenvalue weighted by Crippen LogP contribution is -2.38. The van der Waals surface area contributed by atoms with Gasteiger partial charge in [0.1, 0.15) is 0 Å². The molecule has 0 rings (SSSR count). The molecule has 0 aromatic carbocycles. The van der Waals surface area contributed by atoms with Crippen LogP contribution in [-0.2, 0) is 19.1 Å². The third-order valence-corrected chi connectivity index (χ3v) is 2.79. The molecule has 2 unspecified atom stereocenters. The highest BCUT2D eigenvalue weighted by Gasteiger charge is 2.42. The first-order valence-corrected chi connectivity index (χ1v) is 5.89. The Labute approximate surface area is 111 Å². The quantitative estimate of drug-likeness (QED) is 0.286. The minimum atomic E-state index is -1.32. The molecule has 0 radical (unpaired) electrons. The average molecular weight is 273 g/mol. The van der Waals surface area contributed by atoms with E-state index in [4.69, 9.17) is 0 Å². The predicted molar refractivity (Wildman–Crippen MR) is 67.0 cm³/mol. The molecule has 0 spiro atoms. The zero-order valence-electron chi connectivity index (χ0n) is 11.4. The van der Waals surface area contributed by atoms with Gasteiger partial charge >= 0.3 is 11.9 Å². The van der Waals surface area contributed by atoms with Gasteiger partial charge in [-0.1, -0.05) is 19.9 Å². The first kappa shape index (κ1) is 17.1. The lowest BCUT2D eigenvalue weighted by molar-refractivity contribution is -0.529. The van der Waals surface area contributed by atoms with Crippen LogP contribution < -0.4 is 0 Å². The van der Waals surface area contributed by atoms with Crippen molar-refractivity contribution in [2.75, 3.05) is 14.2 Å². The summed E-state index contributed by atoms with van der Waals surface area (Å²) in [7, 11) is 2.23. The molecule has 7 nitrogen and oxygen atoms in total. The third kappa shape index (κ3) is 4.69. The number of esters is 2. The van der Waals surface area contributed by atoms with Crippen molar-refractivity contribution >= 4 is 11.9 Å². The summed E-state index contributed by atoms with van der Waals surface area (Å²) in [4.78, 5) is 33.6. The Morgan fingerprint density at radius 3 is 2.26 bits per heavy atom. The summed E-state index contributed by atoms with van der Waals surface area (Å²) < 4.78 is 8.98. The van der Waals surface area contributed by atoms with Crippen LogP contribution in [0.25, 0.3) is 0 Å². The molecule has 0 aliphatic carbocycles. The van der Waals surface area contributed by atoms with Crippen LogP contribution in [0.2, 0.25) is 0 Å². The fourth-order valence-electron chi connectivity index (χ4n) is 1.72. The zero-order valence-corrected chi connectivity index (χ0v) is 11.4. The van der Waals surface area contributed by atoms with E-state index in [9.17, 15) is 19.7 Å². The summed E-state index contributed by atoms with van der Waals surface area (Å²) in [6.45, 7) is 5.30. The van der Waals surface area contributed by atoms with Crippen LogP contribution in [0.4, 0.5) is 0 Å². The highest BCUT2D eigenvalue weighted by molar-refractivity contribution is 5.95. The summed E-state index contributed by atoms with van der Waals surface area (Å²) in [5, 5.41) is 11.1. The van der Waals surface area contributed by atoms with Crippen molar-refractivity contribution in [2.24, 2.45) is 5.92 Å². The number of nitrogens with zero attached hydrogens (tertiary/aromatic N) is 1. The summed E-state index contributed by atoms with van der Waals surface area (Å²) in [5.74, 6) is -3.02. The van der Waals surface area contributed by atoms with Gasteiger partial charge in [0.15, 0.2) is 5.92 Å². The van der Waals surface area contributed by atoms with Crippen LogP contribution in [0.5, 0.6) is 0 Å². The molecule has 0 saturated heterocycles.